The number of carbonyl (C=O) groups is 1. The number of benzene rings is 2. The first-order valence-electron chi connectivity index (χ1n) is 14.1. The van der Waals surface area contributed by atoms with E-state index in [0.717, 1.165) is 62.4 Å². The number of aromatic nitrogens is 1. The molecule has 0 bridgehead atoms. The number of nitrogens with zero attached hydrogens (tertiary/aromatic N) is 5. The van der Waals surface area contributed by atoms with Crippen LogP contribution in [0.25, 0.3) is 0 Å². The molecule has 0 radical (unpaired) electrons. The first kappa shape index (κ1) is 27.8. The van der Waals surface area contributed by atoms with E-state index in [0.29, 0.717) is 18.1 Å². The Morgan fingerprint density at radius 1 is 1.10 bits per heavy atom. The van der Waals surface area contributed by atoms with E-state index in [-0.39, 0.29) is 18.6 Å². The Balaban J connectivity index is 1.23. The minimum absolute atomic E-state index is 0.130. The van der Waals surface area contributed by atoms with Gasteiger partial charge in [-0.05, 0) is 67.8 Å². The highest BCUT2D eigenvalue weighted by atomic mass is 16.5. The molecule has 1 atom stereocenters. The Morgan fingerprint density at radius 3 is 2.62 bits per heavy atom. The fraction of sp³-hybridized carbons (Fsp3) is 0.406. The summed E-state index contributed by atoms with van der Waals surface area (Å²) in [6.07, 6.45) is 4.26. The zero-order valence-corrected chi connectivity index (χ0v) is 23.5. The Hall–Kier alpha value is -3.75. The van der Waals surface area contributed by atoms with Crippen LogP contribution in [0.5, 0.6) is 5.75 Å². The summed E-state index contributed by atoms with van der Waals surface area (Å²) in [6, 6.07) is 18.5. The Morgan fingerprint density at radius 2 is 1.88 bits per heavy atom. The summed E-state index contributed by atoms with van der Waals surface area (Å²) >= 11 is 0. The number of amides is 1. The number of aliphatic hydroxyl groups is 1. The highest BCUT2D eigenvalue weighted by Gasteiger charge is 2.24. The van der Waals surface area contributed by atoms with Gasteiger partial charge in [-0.25, -0.2) is 9.98 Å². The Bertz CT molecular complexity index is 1370. The highest BCUT2D eigenvalue weighted by Crippen LogP contribution is 2.31. The van der Waals surface area contributed by atoms with E-state index in [2.05, 4.69) is 57.7 Å². The van der Waals surface area contributed by atoms with Crippen molar-refractivity contribution in [3.05, 3.63) is 83.0 Å². The van der Waals surface area contributed by atoms with Crippen molar-refractivity contribution in [2.45, 2.75) is 51.8 Å². The highest BCUT2D eigenvalue weighted by molar-refractivity contribution is 6.03. The van der Waals surface area contributed by atoms with Crippen LogP contribution < -0.4 is 4.74 Å². The maximum Gasteiger partial charge on any atom is 0.219 e. The van der Waals surface area contributed by atoms with Gasteiger partial charge in [-0.3, -0.25) is 9.69 Å². The normalized spacial score (nSPS) is 17.4. The van der Waals surface area contributed by atoms with Crippen LogP contribution in [0.15, 0.2) is 70.8 Å². The number of piperidine rings is 1. The summed E-state index contributed by atoms with van der Waals surface area (Å²) < 4.78 is 8.19. The van der Waals surface area contributed by atoms with Crippen LogP contribution in [0.1, 0.15) is 48.1 Å². The molecule has 210 valence electrons. The molecule has 2 aliphatic rings. The molecular weight excluding hydrogens is 502 g/mol. The number of amidine groups is 1. The third kappa shape index (κ3) is 6.51. The van der Waals surface area contributed by atoms with Crippen LogP contribution in [0.2, 0.25) is 0 Å². The molecule has 0 aliphatic carbocycles. The van der Waals surface area contributed by atoms with Gasteiger partial charge in [0.15, 0.2) is 5.84 Å². The van der Waals surface area contributed by atoms with Crippen molar-refractivity contribution in [2.24, 2.45) is 9.98 Å². The van der Waals surface area contributed by atoms with Gasteiger partial charge in [0.05, 0.1) is 0 Å². The monoisotopic (exact) mass is 541 g/mol. The van der Waals surface area contributed by atoms with E-state index in [1.165, 1.54) is 11.1 Å². The molecule has 1 amide bonds. The summed E-state index contributed by atoms with van der Waals surface area (Å²) in [7, 11) is 0. The number of β-amino-alcohol motifs (C(OH)–C–C–N with tert-alkyl or cyclic N) is 1. The molecule has 8 heteroatoms. The van der Waals surface area contributed by atoms with Gasteiger partial charge in [0.1, 0.15) is 24.3 Å². The molecule has 1 saturated heterocycles. The lowest BCUT2D eigenvalue weighted by atomic mass is 10.00. The number of rotatable bonds is 8. The van der Waals surface area contributed by atoms with Crippen molar-refractivity contribution in [2.75, 3.05) is 32.8 Å². The van der Waals surface area contributed by atoms with Crippen molar-refractivity contribution >= 4 is 24.3 Å². The van der Waals surface area contributed by atoms with Crippen LogP contribution in [0, 0.1) is 6.92 Å². The molecule has 3 heterocycles. The van der Waals surface area contributed by atoms with Gasteiger partial charge in [-0.15, -0.1) is 0 Å². The molecule has 1 aromatic heterocycles. The Kier molecular flexibility index (Phi) is 8.77. The van der Waals surface area contributed by atoms with Gasteiger partial charge in [0, 0.05) is 57.4 Å². The second kappa shape index (κ2) is 12.6. The summed E-state index contributed by atoms with van der Waals surface area (Å²) in [6.45, 7) is 11.5. The number of aryl methyl sites for hydroxylation is 1. The van der Waals surface area contributed by atoms with Gasteiger partial charge in [0.25, 0.3) is 0 Å². The SMILES string of the molecule is C=N/C(=N\c1c(C)ccn1C1CCN(C(C)=O)CC1)c1cccc(OCC(O)CN2CCc3ccccc3C2)c1. The lowest BCUT2D eigenvalue weighted by molar-refractivity contribution is -0.130. The Labute approximate surface area is 236 Å². The number of hydrogen-bond acceptors (Lipinski definition) is 5. The first-order valence-corrected chi connectivity index (χ1v) is 14.1. The van der Waals surface area contributed by atoms with Gasteiger partial charge in [-0.2, -0.15) is 0 Å². The van der Waals surface area contributed by atoms with E-state index < -0.39 is 6.10 Å². The maximum absolute atomic E-state index is 11.7. The summed E-state index contributed by atoms with van der Waals surface area (Å²) in [5, 5.41) is 10.7. The predicted molar refractivity (Wildman–Crippen MR) is 159 cm³/mol. The predicted octanol–water partition coefficient (Wildman–Crippen LogP) is 4.56. The van der Waals surface area contributed by atoms with Crippen molar-refractivity contribution in [1.29, 1.82) is 0 Å². The van der Waals surface area contributed by atoms with E-state index in [4.69, 9.17) is 9.73 Å². The van der Waals surface area contributed by atoms with Crippen LogP contribution in [0.3, 0.4) is 0 Å². The molecule has 5 rings (SSSR count). The number of likely N-dealkylation sites (tertiary alicyclic amines) is 1. The molecule has 2 aliphatic heterocycles. The average Bonchev–Trinajstić information content (AvgIpc) is 3.34. The van der Waals surface area contributed by atoms with E-state index in [9.17, 15) is 9.90 Å². The minimum Gasteiger partial charge on any atom is -0.491 e. The van der Waals surface area contributed by atoms with Gasteiger partial charge in [-0.1, -0.05) is 36.4 Å². The van der Waals surface area contributed by atoms with Crippen molar-refractivity contribution in [3.63, 3.8) is 0 Å². The molecule has 8 nitrogen and oxygen atoms in total. The third-order valence-electron chi connectivity index (χ3n) is 7.96. The molecular formula is C32H39N5O3. The number of carbonyl (C=O) groups excluding carboxylic acids is 1. The van der Waals surface area contributed by atoms with Crippen LogP contribution in [-0.4, -0.2) is 76.8 Å². The van der Waals surface area contributed by atoms with Crippen LogP contribution in [-0.2, 0) is 17.8 Å². The van der Waals surface area contributed by atoms with Crippen LogP contribution in [0.4, 0.5) is 5.82 Å². The molecule has 40 heavy (non-hydrogen) atoms. The van der Waals surface area contributed by atoms with Crippen molar-refractivity contribution in [3.8, 4) is 5.75 Å². The zero-order valence-electron chi connectivity index (χ0n) is 23.5. The van der Waals surface area contributed by atoms with Gasteiger partial charge in [0.2, 0.25) is 5.91 Å². The number of ether oxygens (including phenoxy) is 1. The second-order valence-electron chi connectivity index (χ2n) is 10.8. The van der Waals surface area contributed by atoms with Crippen molar-refractivity contribution < 1.29 is 14.6 Å². The second-order valence-corrected chi connectivity index (χ2v) is 10.8. The van der Waals surface area contributed by atoms with E-state index in [1.54, 1.807) is 6.92 Å². The summed E-state index contributed by atoms with van der Waals surface area (Å²) in [4.78, 5) is 25.1. The largest absolute Gasteiger partial charge is 0.491 e. The summed E-state index contributed by atoms with van der Waals surface area (Å²) in [5.74, 6) is 2.15. The molecule has 0 spiro atoms. The topological polar surface area (TPSA) is 82.7 Å². The van der Waals surface area contributed by atoms with E-state index in [1.807, 2.05) is 36.1 Å². The lowest BCUT2D eigenvalue weighted by Crippen LogP contribution is -2.38. The van der Waals surface area contributed by atoms with Crippen LogP contribution >= 0.6 is 0 Å². The number of aliphatic hydroxyl groups excluding tert-OH is 1. The van der Waals surface area contributed by atoms with E-state index >= 15 is 0 Å². The number of fused-ring (bicyclic) bond motifs is 1. The maximum atomic E-state index is 11.7. The average molecular weight is 542 g/mol. The molecule has 1 N–H and O–H groups in total. The fourth-order valence-electron chi connectivity index (χ4n) is 5.71. The van der Waals surface area contributed by atoms with Gasteiger partial charge < -0.3 is 19.3 Å². The molecule has 3 aromatic rings. The van der Waals surface area contributed by atoms with Gasteiger partial charge >= 0.3 is 0 Å². The molecule has 1 unspecified atom stereocenters. The number of aliphatic imine (C=N–C) groups is 2. The quantitative estimate of drug-likeness (QED) is 0.335. The smallest absolute Gasteiger partial charge is 0.219 e. The molecule has 2 aromatic carbocycles. The fourth-order valence-corrected chi connectivity index (χ4v) is 5.71. The zero-order chi connectivity index (χ0) is 28.1. The standard InChI is InChI=1S/C32H39N5O3/c1-23-11-18-37(28-13-16-36(17-14-28)24(2)38)32(23)34-31(33-3)26-9-6-10-30(19-26)40-22-29(39)21-35-15-12-25-7-4-5-8-27(25)20-35/h4-11,18-19,28-29,39H,3,12-17,20-22H2,1-2H3/b34-31-. The first-order chi connectivity index (χ1) is 19.4. The molecule has 0 saturated carbocycles. The lowest BCUT2D eigenvalue weighted by Gasteiger charge is -2.32. The summed E-state index contributed by atoms with van der Waals surface area (Å²) in [5.41, 5.74) is 4.59. The number of hydrogen-bond donors (Lipinski definition) is 1. The third-order valence-corrected chi connectivity index (χ3v) is 7.96. The molecule has 1 fully saturated rings. The van der Waals surface area contributed by atoms with Crippen molar-refractivity contribution in [1.82, 2.24) is 14.4 Å². The minimum atomic E-state index is -0.597.